The van der Waals surface area contributed by atoms with Crippen LogP contribution in [0, 0.1) is 13.8 Å². The highest BCUT2D eigenvalue weighted by Crippen LogP contribution is 2.18. The lowest BCUT2D eigenvalue weighted by molar-refractivity contribution is -0.121. The van der Waals surface area contributed by atoms with Crippen molar-refractivity contribution >= 4 is 5.91 Å². The summed E-state index contributed by atoms with van der Waals surface area (Å²) in [6, 6.07) is 2.35. The van der Waals surface area contributed by atoms with E-state index >= 15 is 0 Å². The van der Waals surface area contributed by atoms with Crippen molar-refractivity contribution in [2.75, 3.05) is 0 Å². The fraction of sp³-hybridized carbons (Fsp3) is 0.643. The normalized spacial score (nSPS) is 17.1. The van der Waals surface area contributed by atoms with E-state index in [1.54, 1.807) is 0 Å². The van der Waals surface area contributed by atoms with E-state index < -0.39 is 0 Å². The first-order valence-electron chi connectivity index (χ1n) is 6.50. The SMILES string of the molecule is Cc1cc(CC(=O)NC2CCCCC2)c(C)o1. The quantitative estimate of drug-likeness (QED) is 0.875. The summed E-state index contributed by atoms with van der Waals surface area (Å²) in [4.78, 5) is 11.9. The zero-order valence-electron chi connectivity index (χ0n) is 10.7. The molecule has 1 aromatic heterocycles. The third-order valence-electron chi connectivity index (χ3n) is 3.47. The molecule has 3 heteroatoms. The number of carbonyl (C=O) groups is 1. The van der Waals surface area contributed by atoms with Crippen LogP contribution in [0.1, 0.15) is 49.2 Å². The molecule has 1 saturated carbocycles. The summed E-state index contributed by atoms with van der Waals surface area (Å²) < 4.78 is 5.43. The smallest absolute Gasteiger partial charge is 0.224 e. The Morgan fingerprint density at radius 3 is 2.65 bits per heavy atom. The van der Waals surface area contributed by atoms with Gasteiger partial charge in [0.1, 0.15) is 11.5 Å². The van der Waals surface area contributed by atoms with Gasteiger partial charge >= 0.3 is 0 Å². The number of nitrogens with one attached hydrogen (secondary N) is 1. The first-order chi connectivity index (χ1) is 8.15. The van der Waals surface area contributed by atoms with Gasteiger partial charge in [0, 0.05) is 11.6 Å². The van der Waals surface area contributed by atoms with Crippen molar-refractivity contribution in [2.24, 2.45) is 0 Å². The van der Waals surface area contributed by atoms with Crippen molar-refractivity contribution in [1.82, 2.24) is 5.32 Å². The van der Waals surface area contributed by atoms with Crippen LogP contribution in [-0.4, -0.2) is 11.9 Å². The number of rotatable bonds is 3. The van der Waals surface area contributed by atoms with Crippen LogP contribution in [-0.2, 0) is 11.2 Å². The van der Waals surface area contributed by atoms with Gasteiger partial charge < -0.3 is 9.73 Å². The molecule has 0 saturated heterocycles. The maximum Gasteiger partial charge on any atom is 0.224 e. The zero-order chi connectivity index (χ0) is 12.3. The van der Waals surface area contributed by atoms with E-state index in [0.717, 1.165) is 29.9 Å². The highest BCUT2D eigenvalue weighted by Gasteiger charge is 2.17. The number of carbonyl (C=O) groups excluding carboxylic acids is 1. The van der Waals surface area contributed by atoms with Crippen LogP contribution in [0.4, 0.5) is 0 Å². The molecule has 0 radical (unpaired) electrons. The predicted molar refractivity (Wildman–Crippen MR) is 66.9 cm³/mol. The van der Waals surface area contributed by atoms with Crippen LogP contribution in [0.3, 0.4) is 0 Å². The lowest BCUT2D eigenvalue weighted by Gasteiger charge is -2.22. The van der Waals surface area contributed by atoms with E-state index in [2.05, 4.69) is 5.32 Å². The van der Waals surface area contributed by atoms with Crippen LogP contribution in [0.5, 0.6) is 0 Å². The predicted octanol–water partition coefficient (Wildman–Crippen LogP) is 2.89. The van der Waals surface area contributed by atoms with Crippen molar-refractivity contribution in [3.8, 4) is 0 Å². The Bertz CT molecular complexity index is 389. The average molecular weight is 235 g/mol. The second-order valence-corrected chi connectivity index (χ2v) is 5.02. The summed E-state index contributed by atoms with van der Waals surface area (Å²) in [6.07, 6.45) is 6.51. The van der Waals surface area contributed by atoms with Crippen molar-refractivity contribution in [2.45, 2.75) is 58.4 Å². The monoisotopic (exact) mass is 235 g/mol. The third-order valence-corrected chi connectivity index (χ3v) is 3.47. The molecule has 0 spiro atoms. The van der Waals surface area contributed by atoms with Gasteiger partial charge in [0.2, 0.25) is 5.91 Å². The van der Waals surface area contributed by atoms with E-state index in [0.29, 0.717) is 12.5 Å². The minimum atomic E-state index is 0.126. The molecule has 1 N–H and O–H groups in total. The molecule has 0 aliphatic heterocycles. The fourth-order valence-corrected chi connectivity index (χ4v) is 2.56. The Kier molecular flexibility index (Phi) is 3.87. The molecular formula is C14H21NO2. The molecule has 3 nitrogen and oxygen atoms in total. The van der Waals surface area contributed by atoms with E-state index in [9.17, 15) is 4.79 Å². The minimum Gasteiger partial charge on any atom is -0.466 e. The maximum atomic E-state index is 11.9. The molecule has 94 valence electrons. The molecule has 1 aliphatic rings. The summed E-state index contributed by atoms with van der Waals surface area (Å²) in [7, 11) is 0. The first-order valence-corrected chi connectivity index (χ1v) is 6.50. The van der Waals surface area contributed by atoms with Crippen LogP contribution < -0.4 is 5.32 Å². The van der Waals surface area contributed by atoms with Crippen molar-refractivity contribution < 1.29 is 9.21 Å². The molecule has 0 aromatic carbocycles. The lowest BCUT2D eigenvalue weighted by atomic mass is 9.95. The Labute approximate surface area is 103 Å². The largest absolute Gasteiger partial charge is 0.466 e. The molecule has 0 atom stereocenters. The summed E-state index contributed by atoms with van der Waals surface area (Å²) in [5.74, 6) is 1.87. The summed E-state index contributed by atoms with van der Waals surface area (Å²) >= 11 is 0. The molecule has 1 amide bonds. The van der Waals surface area contributed by atoms with Gasteiger partial charge in [-0.1, -0.05) is 19.3 Å². The molecule has 1 aromatic rings. The second kappa shape index (κ2) is 5.39. The van der Waals surface area contributed by atoms with E-state index in [-0.39, 0.29) is 5.91 Å². The Morgan fingerprint density at radius 1 is 1.35 bits per heavy atom. The van der Waals surface area contributed by atoms with Crippen molar-refractivity contribution in [1.29, 1.82) is 0 Å². The van der Waals surface area contributed by atoms with Gasteiger partial charge in [-0.3, -0.25) is 4.79 Å². The highest BCUT2D eigenvalue weighted by molar-refractivity contribution is 5.79. The van der Waals surface area contributed by atoms with Gasteiger partial charge in [-0.25, -0.2) is 0 Å². The van der Waals surface area contributed by atoms with Crippen LogP contribution in [0.15, 0.2) is 10.5 Å². The highest BCUT2D eigenvalue weighted by atomic mass is 16.3. The van der Waals surface area contributed by atoms with Crippen molar-refractivity contribution in [3.05, 3.63) is 23.2 Å². The van der Waals surface area contributed by atoms with Crippen LogP contribution in [0.25, 0.3) is 0 Å². The molecule has 1 heterocycles. The Balaban J connectivity index is 1.86. The molecule has 2 rings (SSSR count). The fourth-order valence-electron chi connectivity index (χ4n) is 2.56. The Morgan fingerprint density at radius 2 is 2.06 bits per heavy atom. The molecule has 0 bridgehead atoms. The zero-order valence-corrected chi connectivity index (χ0v) is 10.7. The number of hydrogen-bond acceptors (Lipinski definition) is 2. The molecular weight excluding hydrogens is 214 g/mol. The number of furan rings is 1. The molecule has 17 heavy (non-hydrogen) atoms. The first kappa shape index (κ1) is 12.2. The number of amides is 1. The summed E-state index contributed by atoms with van der Waals surface area (Å²) in [5, 5.41) is 3.12. The summed E-state index contributed by atoms with van der Waals surface area (Å²) in [6.45, 7) is 3.83. The molecule has 0 unspecified atom stereocenters. The Hall–Kier alpha value is -1.25. The lowest BCUT2D eigenvalue weighted by Crippen LogP contribution is -2.37. The topological polar surface area (TPSA) is 42.2 Å². The summed E-state index contributed by atoms with van der Waals surface area (Å²) in [5.41, 5.74) is 1.01. The van der Waals surface area contributed by atoms with Gasteiger partial charge in [-0.05, 0) is 32.8 Å². The van der Waals surface area contributed by atoms with Crippen LogP contribution >= 0.6 is 0 Å². The van der Waals surface area contributed by atoms with Gasteiger partial charge in [-0.15, -0.1) is 0 Å². The van der Waals surface area contributed by atoms with E-state index in [1.165, 1.54) is 19.3 Å². The van der Waals surface area contributed by atoms with Gasteiger partial charge in [0.15, 0.2) is 0 Å². The van der Waals surface area contributed by atoms with Crippen LogP contribution in [0.2, 0.25) is 0 Å². The minimum absolute atomic E-state index is 0.126. The molecule has 1 fully saturated rings. The molecule has 1 aliphatic carbocycles. The van der Waals surface area contributed by atoms with E-state index in [4.69, 9.17) is 4.42 Å². The van der Waals surface area contributed by atoms with Gasteiger partial charge in [-0.2, -0.15) is 0 Å². The van der Waals surface area contributed by atoms with Gasteiger partial charge in [0.25, 0.3) is 0 Å². The second-order valence-electron chi connectivity index (χ2n) is 5.02. The number of hydrogen-bond donors (Lipinski definition) is 1. The van der Waals surface area contributed by atoms with E-state index in [1.807, 2.05) is 19.9 Å². The maximum absolute atomic E-state index is 11.9. The van der Waals surface area contributed by atoms with Crippen molar-refractivity contribution in [3.63, 3.8) is 0 Å². The number of aryl methyl sites for hydroxylation is 2. The third kappa shape index (κ3) is 3.35. The standard InChI is InChI=1S/C14H21NO2/c1-10-8-12(11(2)17-10)9-14(16)15-13-6-4-3-5-7-13/h8,13H,3-7,9H2,1-2H3,(H,15,16). The van der Waals surface area contributed by atoms with Gasteiger partial charge in [0.05, 0.1) is 6.42 Å². The average Bonchev–Trinajstić information content (AvgIpc) is 2.58.